The van der Waals surface area contributed by atoms with Crippen molar-refractivity contribution in [1.29, 1.82) is 0 Å². The van der Waals surface area contributed by atoms with Gasteiger partial charge in [-0.15, -0.1) is 0 Å². The zero-order valence-corrected chi connectivity index (χ0v) is 30.2. The minimum atomic E-state index is 0.620. The number of allylic oxidation sites excluding steroid dienone is 4. The summed E-state index contributed by atoms with van der Waals surface area (Å²) in [4.78, 5) is 15.1. The molecule has 0 N–H and O–H groups in total. The van der Waals surface area contributed by atoms with Gasteiger partial charge in [0.05, 0.1) is 23.9 Å². The summed E-state index contributed by atoms with van der Waals surface area (Å²) in [7, 11) is 1.75. The lowest BCUT2D eigenvalue weighted by Gasteiger charge is -2.14. The number of fused-ring (bicyclic) bond motifs is 3. The van der Waals surface area contributed by atoms with Gasteiger partial charge in [0, 0.05) is 33.2 Å². The number of methoxy groups -OCH3 is 1. The number of benzene rings is 6. The van der Waals surface area contributed by atoms with E-state index >= 15 is 0 Å². The number of rotatable bonds is 10. The highest BCUT2D eigenvalue weighted by molar-refractivity contribution is 6.10. The molecule has 0 amide bonds. The van der Waals surface area contributed by atoms with Crippen LogP contribution in [0.25, 0.3) is 78.4 Å². The van der Waals surface area contributed by atoms with Crippen LogP contribution in [-0.4, -0.2) is 26.6 Å². The van der Waals surface area contributed by atoms with Gasteiger partial charge in [0.15, 0.2) is 17.5 Å². The van der Waals surface area contributed by atoms with Gasteiger partial charge in [-0.1, -0.05) is 140 Å². The van der Waals surface area contributed by atoms with Crippen molar-refractivity contribution < 1.29 is 4.74 Å². The van der Waals surface area contributed by atoms with E-state index in [1.54, 1.807) is 7.11 Å². The van der Waals surface area contributed by atoms with Gasteiger partial charge in [-0.25, -0.2) is 15.0 Å². The van der Waals surface area contributed by atoms with Crippen molar-refractivity contribution in [3.63, 3.8) is 0 Å². The Morgan fingerprint density at radius 2 is 1.13 bits per heavy atom. The van der Waals surface area contributed by atoms with Gasteiger partial charge in [-0.3, -0.25) is 0 Å². The molecule has 0 fully saturated rings. The molecule has 0 aliphatic carbocycles. The van der Waals surface area contributed by atoms with Crippen molar-refractivity contribution >= 4 is 27.4 Å². The number of ether oxygens (including phenoxy) is 1. The van der Waals surface area contributed by atoms with E-state index in [1.165, 1.54) is 21.9 Å². The van der Waals surface area contributed by atoms with E-state index < -0.39 is 0 Å². The lowest BCUT2D eigenvalue weighted by atomic mass is 9.98. The maximum atomic E-state index is 5.79. The first kappa shape index (κ1) is 33.5. The van der Waals surface area contributed by atoms with Gasteiger partial charge in [0.25, 0.3) is 0 Å². The van der Waals surface area contributed by atoms with Crippen LogP contribution >= 0.6 is 0 Å². The molecule has 5 nitrogen and oxygen atoms in total. The van der Waals surface area contributed by atoms with E-state index in [2.05, 4.69) is 146 Å². The molecular weight excluding hydrogens is 649 g/mol. The fraction of sp³-hybridized carbons (Fsp3) is 0.104. The van der Waals surface area contributed by atoms with Crippen LogP contribution in [0.1, 0.15) is 32.3 Å². The highest BCUT2D eigenvalue weighted by atomic mass is 16.5. The number of para-hydroxylation sites is 1. The molecule has 8 rings (SSSR count). The summed E-state index contributed by atoms with van der Waals surface area (Å²) in [6.45, 7) is 4.12. The average Bonchev–Trinajstić information content (AvgIpc) is 3.56. The number of hydrogen-bond donors (Lipinski definition) is 0. The van der Waals surface area contributed by atoms with Crippen LogP contribution in [0.2, 0.25) is 0 Å². The molecule has 0 radical (unpaired) electrons. The Labute approximate surface area is 310 Å². The minimum absolute atomic E-state index is 0.620. The molecule has 0 spiro atoms. The highest BCUT2D eigenvalue weighted by Crippen LogP contribution is 2.36. The first-order valence-electron chi connectivity index (χ1n) is 18.1. The van der Waals surface area contributed by atoms with Crippen LogP contribution < -0.4 is 0 Å². The van der Waals surface area contributed by atoms with Crippen molar-refractivity contribution in [3.8, 4) is 51.0 Å². The first-order chi connectivity index (χ1) is 26.1. The summed E-state index contributed by atoms with van der Waals surface area (Å²) < 4.78 is 8.14. The van der Waals surface area contributed by atoms with Gasteiger partial charge in [0.2, 0.25) is 0 Å². The van der Waals surface area contributed by atoms with Crippen LogP contribution in [-0.2, 0) is 4.74 Å². The summed E-state index contributed by atoms with van der Waals surface area (Å²) in [6.07, 6.45) is 6.16. The Balaban J connectivity index is 1.27. The van der Waals surface area contributed by atoms with E-state index in [0.29, 0.717) is 17.5 Å². The number of hydrogen-bond acceptors (Lipinski definition) is 4. The fourth-order valence-electron chi connectivity index (χ4n) is 7.05. The van der Waals surface area contributed by atoms with E-state index in [1.807, 2.05) is 36.4 Å². The molecule has 5 heteroatoms. The molecule has 0 unspecified atom stereocenters. The third-order valence-corrected chi connectivity index (χ3v) is 9.83. The molecule has 0 aliphatic heterocycles. The Morgan fingerprint density at radius 3 is 1.83 bits per heavy atom. The fourth-order valence-corrected chi connectivity index (χ4v) is 7.05. The minimum Gasteiger partial charge on any atom is -0.501 e. The molecule has 53 heavy (non-hydrogen) atoms. The second-order valence-electron chi connectivity index (χ2n) is 13.1. The molecule has 0 atom stereocenters. The summed E-state index contributed by atoms with van der Waals surface area (Å²) >= 11 is 0. The molecule has 0 saturated heterocycles. The first-order valence-corrected chi connectivity index (χ1v) is 18.1. The summed E-state index contributed by atoms with van der Waals surface area (Å²) in [6, 6.07) is 52.9. The molecule has 2 aromatic heterocycles. The SMILES string of the molecule is C/C=C\CC/C(=C(\C)OC)c1ccc2c3ccccc3n(-c3cccc(-c4nc(-c5ccccc5)nc(-c5ccc(-c6ccccc6)cc5)n4)c3)c2c1. The molecule has 0 saturated carbocycles. The third-order valence-electron chi connectivity index (χ3n) is 9.83. The smallest absolute Gasteiger partial charge is 0.164 e. The van der Waals surface area contributed by atoms with Crippen LogP contribution in [0.3, 0.4) is 0 Å². The monoisotopic (exact) mass is 688 g/mol. The molecular formula is C48H40N4O. The van der Waals surface area contributed by atoms with Crippen LogP contribution in [0, 0.1) is 0 Å². The molecule has 258 valence electrons. The van der Waals surface area contributed by atoms with Crippen molar-refractivity contribution in [2.75, 3.05) is 7.11 Å². The Hall–Kier alpha value is -6.59. The van der Waals surface area contributed by atoms with E-state index in [-0.39, 0.29) is 0 Å². The average molecular weight is 689 g/mol. The third kappa shape index (κ3) is 6.77. The molecule has 6 aromatic carbocycles. The van der Waals surface area contributed by atoms with E-state index in [0.717, 1.165) is 63.1 Å². The predicted octanol–water partition coefficient (Wildman–Crippen LogP) is 12.4. The topological polar surface area (TPSA) is 52.8 Å². The quantitative estimate of drug-likeness (QED) is 0.106. The molecule has 2 heterocycles. The van der Waals surface area contributed by atoms with Crippen molar-refractivity contribution in [3.05, 3.63) is 175 Å². The highest BCUT2D eigenvalue weighted by Gasteiger charge is 2.17. The van der Waals surface area contributed by atoms with Gasteiger partial charge < -0.3 is 9.30 Å². The van der Waals surface area contributed by atoms with Gasteiger partial charge >= 0.3 is 0 Å². The lowest BCUT2D eigenvalue weighted by molar-refractivity contribution is 0.295. The molecule has 8 aromatic rings. The van der Waals surface area contributed by atoms with Gasteiger partial charge in [0.1, 0.15) is 0 Å². The second kappa shape index (κ2) is 14.9. The van der Waals surface area contributed by atoms with Crippen molar-refractivity contribution in [2.45, 2.75) is 26.7 Å². The second-order valence-corrected chi connectivity index (χ2v) is 13.1. The lowest BCUT2D eigenvalue weighted by Crippen LogP contribution is -2.01. The van der Waals surface area contributed by atoms with Crippen molar-refractivity contribution in [1.82, 2.24) is 19.5 Å². The summed E-state index contributed by atoms with van der Waals surface area (Å²) in [5, 5.41) is 2.40. The van der Waals surface area contributed by atoms with Crippen molar-refractivity contribution in [2.24, 2.45) is 0 Å². The van der Waals surface area contributed by atoms with E-state index in [9.17, 15) is 0 Å². The summed E-state index contributed by atoms with van der Waals surface area (Å²) in [5.41, 5.74) is 10.8. The Kier molecular flexibility index (Phi) is 9.46. The normalized spacial score (nSPS) is 12.1. The van der Waals surface area contributed by atoms with Gasteiger partial charge in [-0.05, 0) is 73.2 Å². The zero-order valence-electron chi connectivity index (χ0n) is 30.2. The Bertz CT molecular complexity index is 2600. The number of aromatic nitrogens is 4. The van der Waals surface area contributed by atoms with Crippen LogP contribution in [0.5, 0.6) is 0 Å². The van der Waals surface area contributed by atoms with Crippen LogP contribution in [0.15, 0.2) is 170 Å². The largest absolute Gasteiger partial charge is 0.501 e. The van der Waals surface area contributed by atoms with E-state index in [4.69, 9.17) is 19.7 Å². The summed E-state index contributed by atoms with van der Waals surface area (Å²) in [5.74, 6) is 2.82. The standard InChI is InChI=1S/C48H40N4O/c1-4-5-8-22-41(33(2)53-3)38-29-30-43-42-23-13-14-24-44(42)52(45(43)32-38)40-21-15-20-39(31-40)48-50-46(36-18-11-7-12-19-36)49-47(51-48)37-27-25-35(26-28-37)34-16-9-6-10-17-34/h4-7,9-21,23-32H,8,22H2,1-3H3/b5-4-,41-33-. The molecule has 0 bridgehead atoms. The Morgan fingerprint density at radius 1 is 0.566 bits per heavy atom. The number of nitrogens with zero attached hydrogens (tertiary/aromatic N) is 4. The predicted molar refractivity (Wildman–Crippen MR) is 220 cm³/mol. The van der Waals surface area contributed by atoms with Crippen LogP contribution in [0.4, 0.5) is 0 Å². The maximum Gasteiger partial charge on any atom is 0.164 e. The van der Waals surface area contributed by atoms with Gasteiger partial charge in [-0.2, -0.15) is 0 Å². The zero-order chi connectivity index (χ0) is 36.1. The maximum absolute atomic E-state index is 5.79. The molecule has 0 aliphatic rings.